The SMILES string of the molecule is C=CC(=O)OCCCS(=O)(=O)OCC(C)(C(C)=O)C(=O)OCOCCOC. The quantitative estimate of drug-likeness (QED) is 0.0921. The number of hydrogen-bond acceptors (Lipinski definition) is 10. The summed E-state index contributed by atoms with van der Waals surface area (Å²) in [6, 6.07) is 0. The van der Waals surface area contributed by atoms with Crippen molar-refractivity contribution in [2.45, 2.75) is 20.3 Å². The fraction of sp³-hybridized carbons (Fsp3) is 0.688. The van der Waals surface area contributed by atoms with Gasteiger partial charge < -0.3 is 18.9 Å². The van der Waals surface area contributed by atoms with Crippen molar-refractivity contribution in [3.8, 4) is 0 Å². The van der Waals surface area contributed by atoms with Crippen LogP contribution in [0.5, 0.6) is 0 Å². The molecular formula is C16H26O10S. The van der Waals surface area contributed by atoms with Gasteiger partial charge in [-0.2, -0.15) is 8.42 Å². The molecule has 0 bridgehead atoms. The Labute approximate surface area is 158 Å². The number of hydrogen-bond donors (Lipinski definition) is 0. The predicted octanol–water partition coefficient (Wildman–Crippen LogP) is 0.211. The van der Waals surface area contributed by atoms with Crippen LogP contribution in [0.1, 0.15) is 20.3 Å². The van der Waals surface area contributed by atoms with Crippen LogP contribution in [0, 0.1) is 5.41 Å². The molecule has 156 valence electrons. The standard InChI is InChI=1S/C16H26O10S/c1-5-14(18)24-7-6-10-27(20,21)26-11-16(3,13(2)17)15(19)25-12-23-9-8-22-4/h5H,1,6-12H2,2-4H3. The number of carbonyl (C=O) groups is 3. The van der Waals surface area contributed by atoms with Crippen LogP contribution < -0.4 is 0 Å². The molecule has 0 aliphatic rings. The summed E-state index contributed by atoms with van der Waals surface area (Å²) in [6.07, 6.45) is 0.935. The maximum atomic E-state index is 12.1. The lowest BCUT2D eigenvalue weighted by molar-refractivity contribution is -0.172. The summed E-state index contributed by atoms with van der Waals surface area (Å²) in [5, 5.41) is 0. The number of rotatable bonds is 15. The molecule has 0 radical (unpaired) electrons. The first-order valence-corrected chi connectivity index (χ1v) is 9.58. The van der Waals surface area contributed by atoms with E-state index in [9.17, 15) is 22.8 Å². The predicted molar refractivity (Wildman–Crippen MR) is 93.1 cm³/mol. The van der Waals surface area contributed by atoms with E-state index < -0.39 is 52.4 Å². The van der Waals surface area contributed by atoms with Crippen LogP contribution in [-0.4, -0.2) is 72.2 Å². The van der Waals surface area contributed by atoms with Crippen LogP contribution in [0.15, 0.2) is 12.7 Å². The van der Waals surface area contributed by atoms with Gasteiger partial charge in [-0.15, -0.1) is 0 Å². The van der Waals surface area contributed by atoms with Crippen molar-refractivity contribution in [1.29, 1.82) is 0 Å². The molecule has 0 saturated heterocycles. The second-order valence-electron chi connectivity index (χ2n) is 5.59. The Hall–Kier alpha value is -1.82. The molecule has 0 spiro atoms. The number of carbonyl (C=O) groups excluding carboxylic acids is 3. The van der Waals surface area contributed by atoms with Crippen LogP contribution in [0.2, 0.25) is 0 Å². The Bertz CT molecular complexity index is 613. The minimum absolute atomic E-state index is 0.0174. The summed E-state index contributed by atoms with van der Waals surface area (Å²) >= 11 is 0. The molecule has 11 heteroatoms. The van der Waals surface area contributed by atoms with Crippen LogP contribution in [0.4, 0.5) is 0 Å². The van der Waals surface area contributed by atoms with E-state index in [4.69, 9.17) is 18.4 Å². The van der Waals surface area contributed by atoms with Crippen molar-refractivity contribution in [2.75, 3.05) is 46.1 Å². The molecular weight excluding hydrogens is 384 g/mol. The number of ether oxygens (including phenoxy) is 4. The van der Waals surface area contributed by atoms with Gasteiger partial charge in [0, 0.05) is 13.2 Å². The molecule has 0 aromatic carbocycles. The van der Waals surface area contributed by atoms with Gasteiger partial charge in [0.25, 0.3) is 10.1 Å². The topological polar surface area (TPSA) is 132 Å². The highest BCUT2D eigenvalue weighted by Crippen LogP contribution is 2.22. The summed E-state index contributed by atoms with van der Waals surface area (Å²) in [4.78, 5) is 34.8. The molecule has 0 aliphatic carbocycles. The first-order chi connectivity index (χ1) is 12.6. The molecule has 0 heterocycles. The molecule has 0 amide bonds. The second kappa shape index (κ2) is 12.5. The molecule has 0 N–H and O–H groups in total. The number of ketones is 1. The maximum Gasteiger partial charge on any atom is 0.330 e. The van der Waals surface area contributed by atoms with Gasteiger partial charge in [0.2, 0.25) is 0 Å². The van der Waals surface area contributed by atoms with Crippen LogP contribution in [-0.2, 0) is 47.6 Å². The van der Waals surface area contributed by atoms with Crippen LogP contribution >= 0.6 is 0 Å². The van der Waals surface area contributed by atoms with Crippen molar-refractivity contribution in [3.63, 3.8) is 0 Å². The van der Waals surface area contributed by atoms with Crippen LogP contribution in [0.25, 0.3) is 0 Å². The van der Waals surface area contributed by atoms with Crippen molar-refractivity contribution >= 4 is 27.8 Å². The normalized spacial score (nSPS) is 13.4. The van der Waals surface area contributed by atoms with Crippen molar-refractivity contribution in [2.24, 2.45) is 5.41 Å². The third kappa shape index (κ3) is 10.2. The fourth-order valence-electron chi connectivity index (χ4n) is 1.49. The Morgan fingerprint density at radius 2 is 1.78 bits per heavy atom. The molecule has 10 nitrogen and oxygen atoms in total. The van der Waals surface area contributed by atoms with Gasteiger partial charge in [0.1, 0.15) is 11.2 Å². The van der Waals surface area contributed by atoms with E-state index >= 15 is 0 Å². The smallest absolute Gasteiger partial charge is 0.330 e. The van der Waals surface area contributed by atoms with E-state index in [1.807, 2.05) is 0 Å². The highest BCUT2D eigenvalue weighted by molar-refractivity contribution is 7.86. The summed E-state index contributed by atoms with van der Waals surface area (Å²) < 4.78 is 47.8. The lowest BCUT2D eigenvalue weighted by Crippen LogP contribution is -2.42. The molecule has 0 aromatic rings. The van der Waals surface area contributed by atoms with Gasteiger partial charge in [-0.25, -0.2) is 4.79 Å². The lowest BCUT2D eigenvalue weighted by Gasteiger charge is -2.23. The van der Waals surface area contributed by atoms with Crippen LogP contribution in [0.3, 0.4) is 0 Å². The third-order valence-corrected chi connectivity index (χ3v) is 4.68. The van der Waals surface area contributed by atoms with Gasteiger partial charge in [-0.05, 0) is 20.3 Å². The van der Waals surface area contributed by atoms with E-state index in [1.165, 1.54) is 14.0 Å². The van der Waals surface area contributed by atoms with E-state index in [0.29, 0.717) is 6.61 Å². The highest BCUT2D eigenvalue weighted by Gasteiger charge is 2.42. The number of Topliss-reactive ketones (excluding diaryl/α,β-unsaturated/α-hetero) is 1. The molecule has 0 saturated carbocycles. The largest absolute Gasteiger partial charge is 0.463 e. The lowest BCUT2D eigenvalue weighted by atomic mass is 9.88. The fourth-order valence-corrected chi connectivity index (χ4v) is 2.50. The number of esters is 2. The minimum atomic E-state index is -4.04. The average molecular weight is 410 g/mol. The summed E-state index contributed by atoms with van der Waals surface area (Å²) in [5.74, 6) is -2.73. The zero-order valence-corrected chi connectivity index (χ0v) is 16.5. The van der Waals surface area contributed by atoms with Gasteiger partial charge >= 0.3 is 11.9 Å². The Balaban J connectivity index is 4.56. The van der Waals surface area contributed by atoms with Gasteiger partial charge in [0.05, 0.1) is 32.2 Å². The maximum absolute atomic E-state index is 12.1. The van der Waals surface area contributed by atoms with E-state index in [0.717, 1.165) is 13.0 Å². The summed E-state index contributed by atoms with van der Waals surface area (Å²) in [5.41, 5.74) is -1.81. The Morgan fingerprint density at radius 3 is 2.33 bits per heavy atom. The molecule has 0 aliphatic heterocycles. The van der Waals surface area contributed by atoms with Crippen molar-refractivity contribution in [3.05, 3.63) is 12.7 Å². The number of methoxy groups -OCH3 is 1. The molecule has 1 atom stereocenters. The monoisotopic (exact) mass is 410 g/mol. The first-order valence-electron chi connectivity index (χ1n) is 8.00. The summed E-state index contributed by atoms with van der Waals surface area (Å²) in [6.45, 7) is 4.76. The molecule has 1 unspecified atom stereocenters. The molecule has 0 fully saturated rings. The van der Waals surface area contributed by atoms with E-state index in [2.05, 4.69) is 11.3 Å². The van der Waals surface area contributed by atoms with Crippen molar-refractivity contribution in [1.82, 2.24) is 0 Å². The second-order valence-corrected chi connectivity index (χ2v) is 7.35. The van der Waals surface area contributed by atoms with Gasteiger partial charge in [-0.1, -0.05) is 6.58 Å². The van der Waals surface area contributed by atoms with Crippen molar-refractivity contribution < 1.29 is 45.9 Å². The zero-order valence-electron chi connectivity index (χ0n) is 15.7. The Morgan fingerprint density at radius 1 is 1.11 bits per heavy atom. The average Bonchev–Trinajstić information content (AvgIpc) is 2.62. The highest BCUT2D eigenvalue weighted by atomic mass is 32.2. The Kier molecular flexibility index (Phi) is 11.7. The first kappa shape index (κ1) is 25.2. The van der Waals surface area contributed by atoms with E-state index in [-0.39, 0.29) is 19.6 Å². The summed E-state index contributed by atoms with van der Waals surface area (Å²) in [7, 11) is -2.57. The zero-order chi connectivity index (χ0) is 20.9. The van der Waals surface area contributed by atoms with Gasteiger partial charge in [-0.3, -0.25) is 13.8 Å². The minimum Gasteiger partial charge on any atom is -0.463 e. The van der Waals surface area contributed by atoms with Gasteiger partial charge in [0.15, 0.2) is 6.79 Å². The van der Waals surface area contributed by atoms with E-state index in [1.54, 1.807) is 0 Å². The molecule has 0 aromatic heterocycles. The molecule has 0 rings (SSSR count). The third-order valence-electron chi connectivity index (χ3n) is 3.41. The molecule has 27 heavy (non-hydrogen) atoms.